The van der Waals surface area contributed by atoms with E-state index >= 15 is 0 Å². The van der Waals surface area contributed by atoms with Crippen LogP contribution in [0.5, 0.6) is 0 Å². The number of guanidine groups is 1. The third kappa shape index (κ3) is 10.2. The molecule has 25 heavy (non-hydrogen) atoms. The Hall–Kier alpha value is -1.44. The van der Waals surface area contributed by atoms with Crippen molar-refractivity contribution in [3.8, 4) is 0 Å². The molecule has 1 aromatic carbocycles. The molecule has 0 saturated heterocycles. The van der Waals surface area contributed by atoms with Gasteiger partial charge in [0.1, 0.15) is 0 Å². The van der Waals surface area contributed by atoms with Gasteiger partial charge in [-0.2, -0.15) is 0 Å². The van der Waals surface area contributed by atoms with E-state index < -0.39 is 10.8 Å². The summed E-state index contributed by atoms with van der Waals surface area (Å²) in [5, 5.41) is 6.48. The summed E-state index contributed by atoms with van der Waals surface area (Å²) in [5.41, 5.74) is 0. The fraction of sp³-hybridized carbons (Fsp3) is 0.611. The summed E-state index contributed by atoms with van der Waals surface area (Å²) in [6.07, 6.45) is 1.03. The Morgan fingerprint density at radius 3 is 2.68 bits per heavy atom. The van der Waals surface area contributed by atoms with Gasteiger partial charge in [-0.25, -0.2) is 0 Å². The van der Waals surface area contributed by atoms with Crippen molar-refractivity contribution in [3.63, 3.8) is 0 Å². The second kappa shape index (κ2) is 13.8. The number of methoxy groups -OCH3 is 1. The van der Waals surface area contributed by atoms with Gasteiger partial charge in [-0.15, -0.1) is 0 Å². The molecule has 0 aliphatic rings. The molecule has 0 aliphatic heterocycles. The van der Waals surface area contributed by atoms with Gasteiger partial charge in [0.2, 0.25) is 0 Å². The normalized spacial score (nSPS) is 13.0. The van der Waals surface area contributed by atoms with Gasteiger partial charge >= 0.3 is 0 Å². The SMILES string of the molecule is CCNC(=NCCN(C)CCCOC)NCCS(=O)c1ccccc1. The number of benzene rings is 1. The Labute approximate surface area is 154 Å². The first-order valence-corrected chi connectivity index (χ1v) is 10.1. The summed E-state index contributed by atoms with van der Waals surface area (Å²) in [6.45, 7) is 6.88. The van der Waals surface area contributed by atoms with Gasteiger partial charge in [0.05, 0.1) is 17.3 Å². The molecular formula is C18H32N4O2S. The van der Waals surface area contributed by atoms with Crippen LogP contribution in [0.1, 0.15) is 13.3 Å². The van der Waals surface area contributed by atoms with Crippen LogP contribution >= 0.6 is 0 Å². The quantitative estimate of drug-likeness (QED) is 0.331. The van der Waals surface area contributed by atoms with Crippen molar-refractivity contribution in [2.45, 2.75) is 18.2 Å². The molecule has 0 fully saturated rings. The summed E-state index contributed by atoms with van der Waals surface area (Å²) in [5.74, 6) is 1.34. The molecule has 1 unspecified atom stereocenters. The minimum absolute atomic E-state index is 0.561. The van der Waals surface area contributed by atoms with Gasteiger partial charge in [0, 0.05) is 50.5 Å². The standard InChI is InChI=1S/C18H32N4O2S/c1-4-19-18(20-11-14-22(2)13-8-15-24-3)21-12-16-25(23)17-9-6-5-7-10-17/h5-7,9-10H,4,8,11-16H2,1-3H3,(H2,19,20,21). The summed E-state index contributed by atoms with van der Waals surface area (Å²) < 4.78 is 17.3. The van der Waals surface area contributed by atoms with E-state index in [1.807, 2.05) is 37.3 Å². The van der Waals surface area contributed by atoms with Gasteiger partial charge in [0.15, 0.2) is 5.96 Å². The highest BCUT2D eigenvalue weighted by Crippen LogP contribution is 2.04. The van der Waals surface area contributed by atoms with Crippen molar-refractivity contribution in [3.05, 3.63) is 30.3 Å². The molecule has 1 aromatic rings. The fourth-order valence-electron chi connectivity index (χ4n) is 2.22. The van der Waals surface area contributed by atoms with Crippen molar-refractivity contribution < 1.29 is 8.95 Å². The van der Waals surface area contributed by atoms with E-state index in [0.29, 0.717) is 12.3 Å². The van der Waals surface area contributed by atoms with Crippen LogP contribution in [0, 0.1) is 0 Å². The third-order valence-corrected chi connectivity index (χ3v) is 4.94. The molecule has 0 radical (unpaired) electrons. The molecule has 0 aliphatic carbocycles. The Kier molecular flexibility index (Phi) is 11.9. The number of likely N-dealkylation sites (N-methyl/N-ethyl adjacent to an activating group) is 1. The predicted molar refractivity (Wildman–Crippen MR) is 106 cm³/mol. The minimum atomic E-state index is -0.987. The van der Waals surface area contributed by atoms with E-state index in [1.54, 1.807) is 7.11 Å². The lowest BCUT2D eigenvalue weighted by molar-refractivity contribution is 0.180. The molecular weight excluding hydrogens is 336 g/mol. The third-order valence-electron chi connectivity index (χ3n) is 3.57. The number of hydrogen-bond donors (Lipinski definition) is 2. The van der Waals surface area contributed by atoms with Gasteiger partial charge in [-0.05, 0) is 32.5 Å². The average Bonchev–Trinajstić information content (AvgIpc) is 2.62. The summed E-state index contributed by atoms with van der Waals surface area (Å²) in [7, 11) is 2.83. The zero-order chi connectivity index (χ0) is 18.3. The lowest BCUT2D eigenvalue weighted by Gasteiger charge is -2.16. The fourth-order valence-corrected chi connectivity index (χ4v) is 3.20. The highest BCUT2D eigenvalue weighted by Gasteiger charge is 2.04. The molecule has 1 rings (SSSR count). The summed E-state index contributed by atoms with van der Waals surface area (Å²) in [6, 6.07) is 9.55. The minimum Gasteiger partial charge on any atom is -0.385 e. The maximum absolute atomic E-state index is 12.2. The maximum Gasteiger partial charge on any atom is 0.191 e. The maximum atomic E-state index is 12.2. The molecule has 0 saturated carbocycles. The van der Waals surface area contributed by atoms with Crippen molar-refractivity contribution in [2.24, 2.45) is 4.99 Å². The molecule has 142 valence electrons. The van der Waals surface area contributed by atoms with Crippen molar-refractivity contribution in [2.75, 3.05) is 59.2 Å². The van der Waals surface area contributed by atoms with Gasteiger partial charge in [-0.3, -0.25) is 9.20 Å². The molecule has 1 atom stereocenters. The number of nitrogens with zero attached hydrogens (tertiary/aromatic N) is 2. The van der Waals surface area contributed by atoms with E-state index in [4.69, 9.17) is 4.74 Å². The molecule has 0 amide bonds. The van der Waals surface area contributed by atoms with Crippen LogP contribution in [0.25, 0.3) is 0 Å². The second-order valence-corrected chi connectivity index (χ2v) is 7.27. The average molecular weight is 369 g/mol. The van der Waals surface area contributed by atoms with Crippen LogP contribution in [-0.4, -0.2) is 74.3 Å². The van der Waals surface area contributed by atoms with Gasteiger partial charge in [0.25, 0.3) is 0 Å². The first-order chi connectivity index (χ1) is 12.2. The Balaban J connectivity index is 2.31. The van der Waals surface area contributed by atoms with Crippen LogP contribution in [-0.2, 0) is 15.5 Å². The van der Waals surface area contributed by atoms with Gasteiger partial charge < -0.3 is 20.3 Å². The van der Waals surface area contributed by atoms with E-state index in [1.165, 1.54) is 0 Å². The zero-order valence-electron chi connectivity index (χ0n) is 15.7. The Morgan fingerprint density at radius 2 is 2.00 bits per heavy atom. The van der Waals surface area contributed by atoms with Crippen molar-refractivity contribution >= 4 is 16.8 Å². The van der Waals surface area contributed by atoms with E-state index in [0.717, 1.165) is 50.1 Å². The largest absolute Gasteiger partial charge is 0.385 e. The van der Waals surface area contributed by atoms with Crippen LogP contribution in [0.3, 0.4) is 0 Å². The van der Waals surface area contributed by atoms with E-state index in [9.17, 15) is 4.21 Å². The smallest absolute Gasteiger partial charge is 0.191 e. The second-order valence-electron chi connectivity index (χ2n) is 5.70. The Morgan fingerprint density at radius 1 is 1.24 bits per heavy atom. The van der Waals surface area contributed by atoms with Crippen LogP contribution in [0.4, 0.5) is 0 Å². The van der Waals surface area contributed by atoms with E-state index in [-0.39, 0.29) is 0 Å². The van der Waals surface area contributed by atoms with Crippen LogP contribution < -0.4 is 10.6 Å². The molecule has 0 aromatic heterocycles. The lowest BCUT2D eigenvalue weighted by atomic mass is 10.4. The first kappa shape index (κ1) is 21.6. The lowest BCUT2D eigenvalue weighted by Crippen LogP contribution is -2.39. The number of aliphatic imine (C=N–C) groups is 1. The molecule has 0 bridgehead atoms. The summed E-state index contributed by atoms with van der Waals surface area (Å²) in [4.78, 5) is 7.69. The monoisotopic (exact) mass is 368 g/mol. The number of hydrogen-bond acceptors (Lipinski definition) is 4. The number of rotatable bonds is 12. The molecule has 0 spiro atoms. The predicted octanol–water partition coefficient (Wildman–Crippen LogP) is 1.32. The highest BCUT2D eigenvalue weighted by molar-refractivity contribution is 7.85. The number of nitrogens with one attached hydrogen (secondary N) is 2. The van der Waals surface area contributed by atoms with Crippen LogP contribution in [0.15, 0.2) is 40.2 Å². The molecule has 7 heteroatoms. The van der Waals surface area contributed by atoms with Crippen molar-refractivity contribution in [1.29, 1.82) is 0 Å². The van der Waals surface area contributed by atoms with Crippen LogP contribution in [0.2, 0.25) is 0 Å². The van der Waals surface area contributed by atoms with E-state index in [2.05, 4.69) is 27.6 Å². The first-order valence-electron chi connectivity index (χ1n) is 8.80. The molecule has 6 nitrogen and oxygen atoms in total. The number of ether oxygens (including phenoxy) is 1. The topological polar surface area (TPSA) is 66.0 Å². The highest BCUT2D eigenvalue weighted by atomic mass is 32.2. The Bertz CT molecular complexity index is 511. The van der Waals surface area contributed by atoms with Crippen molar-refractivity contribution in [1.82, 2.24) is 15.5 Å². The summed E-state index contributed by atoms with van der Waals surface area (Å²) >= 11 is 0. The molecule has 2 N–H and O–H groups in total. The zero-order valence-corrected chi connectivity index (χ0v) is 16.5. The van der Waals surface area contributed by atoms with Gasteiger partial charge in [-0.1, -0.05) is 18.2 Å². The molecule has 0 heterocycles.